The minimum absolute atomic E-state index is 0.528. The quantitative estimate of drug-likeness (QED) is 0.884. The van der Waals surface area contributed by atoms with E-state index < -0.39 is 0 Å². The number of likely N-dealkylation sites (N-methyl/N-ethyl adjacent to an activating group) is 1. The van der Waals surface area contributed by atoms with Gasteiger partial charge in [-0.3, -0.25) is 4.90 Å². The average Bonchev–Trinajstić information content (AvgIpc) is 2.59. The van der Waals surface area contributed by atoms with Crippen LogP contribution in [-0.4, -0.2) is 31.6 Å². The zero-order valence-electron chi connectivity index (χ0n) is 13.4. The van der Waals surface area contributed by atoms with Crippen molar-refractivity contribution in [3.05, 3.63) is 35.4 Å². The van der Waals surface area contributed by atoms with Crippen molar-refractivity contribution in [2.75, 3.05) is 26.7 Å². The van der Waals surface area contributed by atoms with Crippen LogP contribution in [0.3, 0.4) is 0 Å². The van der Waals surface area contributed by atoms with Crippen LogP contribution in [-0.2, 0) is 13.0 Å². The Morgan fingerprint density at radius 2 is 1.85 bits per heavy atom. The first-order chi connectivity index (χ1) is 9.61. The van der Waals surface area contributed by atoms with Crippen molar-refractivity contribution in [2.24, 2.45) is 5.41 Å². The Labute approximate surface area is 124 Å². The van der Waals surface area contributed by atoms with Crippen molar-refractivity contribution in [1.29, 1.82) is 0 Å². The summed E-state index contributed by atoms with van der Waals surface area (Å²) in [4.78, 5) is 2.65. The van der Waals surface area contributed by atoms with Crippen LogP contribution < -0.4 is 5.32 Å². The Kier molecular flexibility index (Phi) is 5.62. The standard InChI is InChI=1S/C18H30N2/c1-18(2)10-6-13-20(14-11-18)15-17-8-5-4-7-16(17)9-12-19-3/h4-5,7-8,19H,6,9-15H2,1-3H3. The van der Waals surface area contributed by atoms with Gasteiger partial charge in [0, 0.05) is 6.54 Å². The SMILES string of the molecule is CNCCc1ccccc1CN1CCCC(C)(C)CC1. The molecule has 1 heterocycles. The maximum Gasteiger partial charge on any atom is 0.0236 e. The van der Waals surface area contributed by atoms with E-state index in [-0.39, 0.29) is 0 Å². The summed E-state index contributed by atoms with van der Waals surface area (Å²) in [5.41, 5.74) is 3.55. The third kappa shape index (κ3) is 4.60. The van der Waals surface area contributed by atoms with Gasteiger partial charge in [-0.05, 0) is 68.9 Å². The highest BCUT2D eigenvalue weighted by Gasteiger charge is 2.23. The Balaban J connectivity index is 1.98. The van der Waals surface area contributed by atoms with Gasteiger partial charge >= 0.3 is 0 Å². The number of hydrogen-bond acceptors (Lipinski definition) is 2. The third-order valence-corrected chi connectivity index (χ3v) is 4.59. The van der Waals surface area contributed by atoms with Crippen LogP contribution in [0, 0.1) is 5.41 Å². The number of nitrogens with zero attached hydrogens (tertiary/aromatic N) is 1. The number of benzene rings is 1. The van der Waals surface area contributed by atoms with Gasteiger partial charge in [0.25, 0.3) is 0 Å². The van der Waals surface area contributed by atoms with Crippen molar-refractivity contribution < 1.29 is 0 Å². The largest absolute Gasteiger partial charge is 0.319 e. The van der Waals surface area contributed by atoms with Gasteiger partial charge in [0.05, 0.1) is 0 Å². The summed E-state index contributed by atoms with van der Waals surface area (Å²) in [6, 6.07) is 8.94. The number of nitrogens with one attached hydrogen (secondary N) is 1. The van der Waals surface area contributed by atoms with E-state index in [4.69, 9.17) is 0 Å². The van der Waals surface area contributed by atoms with E-state index >= 15 is 0 Å². The van der Waals surface area contributed by atoms with Gasteiger partial charge in [0.15, 0.2) is 0 Å². The fourth-order valence-electron chi connectivity index (χ4n) is 3.09. The van der Waals surface area contributed by atoms with Crippen molar-refractivity contribution >= 4 is 0 Å². The molecule has 1 saturated heterocycles. The molecule has 0 radical (unpaired) electrons. The second-order valence-corrected chi connectivity index (χ2v) is 6.92. The summed E-state index contributed by atoms with van der Waals surface area (Å²) >= 11 is 0. The van der Waals surface area contributed by atoms with E-state index in [9.17, 15) is 0 Å². The highest BCUT2D eigenvalue weighted by molar-refractivity contribution is 5.27. The molecule has 20 heavy (non-hydrogen) atoms. The molecule has 2 heteroatoms. The molecule has 2 rings (SSSR count). The Morgan fingerprint density at radius 3 is 2.60 bits per heavy atom. The molecule has 0 amide bonds. The lowest BCUT2D eigenvalue weighted by atomic mass is 9.85. The van der Waals surface area contributed by atoms with Gasteiger partial charge in [-0.2, -0.15) is 0 Å². The highest BCUT2D eigenvalue weighted by Crippen LogP contribution is 2.30. The monoisotopic (exact) mass is 274 g/mol. The summed E-state index contributed by atoms with van der Waals surface area (Å²) in [5.74, 6) is 0. The predicted molar refractivity (Wildman–Crippen MR) is 87.0 cm³/mol. The van der Waals surface area contributed by atoms with E-state index in [1.165, 1.54) is 43.5 Å². The lowest BCUT2D eigenvalue weighted by Gasteiger charge is -2.24. The van der Waals surface area contributed by atoms with Gasteiger partial charge in [0.1, 0.15) is 0 Å². The minimum Gasteiger partial charge on any atom is -0.319 e. The summed E-state index contributed by atoms with van der Waals surface area (Å²) in [6.45, 7) is 9.51. The summed E-state index contributed by atoms with van der Waals surface area (Å²) in [5, 5.41) is 3.25. The molecular formula is C18H30N2. The number of hydrogen-bond donors (Lipinski definition) is 1. The molecule has 1 aliphatic rings. The van der Waals surface area contributed by atoms with Crippen molar-refractivity contribution in [1.82, 2.24) is 10.2 Å². The molecule has 0 atom stereocenters. The van der Waals surface area contributed by atoms with Gasteiger partial charge < -0.3 is 5.32 Å². The normalized spacial score (nSPS) is 19.8. The molecule has 0 aromatic heterocycles. The van der Waals surface area contributed by atoms with Gasteiger partial charge in [-0.15, -0.1) is 0 Å². The molecule has 0 unspecified atom stereocenters. The molecule has 1 aliphatic heterocycles. The first-order valence-corrected chi connectivity index (χ1v) is 8.04. The van der Waals surface area contributed by atoms with Crippen molar-refractivity contribution in [3.8, 4) is 0 Å². The van der Waals surface area contributed by atoms with E-state index in [0.717, 1.165) is 19.5 Å². The van der Waals surface area contributed by atoms with Crippen LogP contribution in [0.1, 0.15) is 44.2 Å². The lowest BCUT2D eigenvalue weighted by Crippen LogP contribution is -2.26. The molecule has 0 spiro atoms. The van der Waals surface area contributed by atoms with Gasteiger partial charge in [0.2, 0.25) is 0 Å². The number of likely N-dealkylation sites (tertiary alicyclic amines) is 1. The Morgan fingerprint density at radius 1 is 1.10 bits per heavy atom. The molecule has 1 N–H and O–H groups in total. The minimum atomic E-state index is 0.528. The zero-order valence-corrected chi connectivity index (χ0v) is 13.4. The fourth-order valence-corrected chi connectivity index (χ4v) is 3.09. The molecule has 112 valence electrons. The second-order valence-electron chi connectivity index (χ2n) is 6.92. The first-order valence-electron chi connectivity index (χ1n) is 8.04. The van der Waals surface area contributed by atoms with E-state index in [1.54, 1.807) is 0 Å². The van der Waals surface area contributed by atoms with E-state index in [2.05, 4.69) is 48.3 Å². The molecular weight excluding hydrogens is 244 g/mol. The molecule has 0 aliphatic carbocycles. The smallest absolute Gasteiger partial charge is 0.0236 e. The second kappa shape index (κ2) is 7.24. The van der Waals surface area contributed by atoms with E-state index in [1.807, 2.05) is 7.05 Å². The summed E-state index contributed by atoms with van der Waals surface area (Å²) in [7, 11) is 2.03. The summed E-state index contributed by atoms with van der Waals surface area (Å²) < 4.78 is 0. The van der Waals surface area contributed by atoms with Crippen LogP contribution >= 0.6 is 0 Å². The fraction of sp³-hybridized carbons (Fsp3) is 0.667. The van der Waals surface area contributed by atoms with Gasteiger partial charge in [-0.1, -0.05) is 38.1 Å². The average molecular weight is 274 g/mol. The molecule has 1 aromatic carbocycles. The first kappa shape index (κ1) is 15.5. The van der Waals surface area contributed by atoms with Crippen LogP contribution in [0.25, 0.3) is 0 Å². The van der Waals surface area contributed by atoms with Crippen LogP contribution in [0.5, 0.6) is 0 Å². The number of rotatable bonds is 5. The van der Waals surface area contributed by atoms with E-state index in [0.29, 0.717) is 5.41 Å². The molecule has 2 nitrogen and oxygen atoms in total. The summed E-state index contributed by atoms with van der Waals surface area (Å²) in [6.07, 6.45) is 5.16. The van der Waals surface area contributed by atoms with Gasteiger partial charge in [-0.25, -0.2) is 0 Å². The maximum absolute atomic E-state index is 3.25. The van der Waals surface area contributed by atoms with Crippen molar-refractivity contribution in [3.63, 3.8) is 0 Å². The maximum atomic E-state index is 3.25. The van der Waals surface area contributed by atoms with Crippen LogP contribution in [0.15, 0.2) is 24.3 Å². The van der Waals surface area contributed by atoms with Crippen molar-refractivity contribution in [2.45, 2.75) is 46.1 Å². The molecule has 0 bridgehead atoms. The highest BCUT2D eigenvalue weighted by atomic mass is 15.1. The van der Waals surface area contributed by atoms with Crippen LogP contribution in [0.2, 0.25) is 0 Å². The molecule has 1 fully saturated rings. The Hall–Kier alpha value is -0.860. The zero-order chi connectivity index (χ0) is 14.4. The lowest BCUT2D eigenvalue weighted by molar-refractivity contribution is 0.255. The third-order valence-electron chi connectivity index (χ3n) is 4.59. The van der Waals surface area contributed by atoms with Crippen LogP contribution in [0.4, 0.5) is 0 Å². The topological polar surface area (TPSA) is 15.3 Å². The molecule has 0 saturated carbocycles. The predicted octanol–water partition coefficient (Wildman–Crippen LogP) is 3.46. The Bertz CT molecular complexity index is 412. The molecule has 1 aromatic rings.